The Bertz CT molecular complexity index is 4460. The molecule has 74 heavy (non-hydrogen) atoms. The standard InChI is InChI=1S/C70H64N2O2/c1-41-32-63(71-39-44(41)4)53-33-60(47-16-12-11-13-17-47)46(6)65(34-53)73-54-35-61-58-27-22-49-21-20-48-18-14-15-19-57(48)66(49)68(58)74-67(61)62(36-54)64-37-59(45(5)40-72-64)56-26-24-51(31-43(56)3)55-25-23-50(30-42(55)2)52-28-29-69(7,8)70(9,10)38-52/h11-27,30-37,39-40,52H,28-29,38H2,1-10H3/i1D3,4D3,6D3,52D. The van der Waals surface area contributed by atoms with Crippen LogP contribution in [0.25, 0.3) is 99.4 Å². The normalized spacial score (nSPS) is 18.9. The average molecular weight is 975 g/mol. The number of rotatable bonds is 8. The molecular weight excluding hydrogens is 901 g/mol. The topological polar surface area (TPSA) is 48.2 Å². The molecule has 1 aliphatic carbocycles. The van der Waals surface area contributed by atoms with E-state index in [1.165, 1.54) is 12.1 Å². The van der Waals surface area contributed by atoms with Gasteiger partial charge >= 0.3 is 0 Å². The molecule has 0 aliphatic heterocycles. The molecule has 3 aromatic heterocycles. The molecule has 12 rings (SSSR count). The zero-order valence-corrected chi connectivity index (χ0v) is 42.9. The van der Waals surface area contributed by atoms with E-state index in [1.807, 2.05) is 49.5 Å². The number of hydrogen-bond donors (Lipinski definition) is 0. The summed E-state index contributed by atoms with van der Waals surface area (Å²) in [6, 6.07) is 48.7. The Morgan fingerprint density at radius 3 is 2.08 bits per heavy atom. The highest BCUT2D eigenvalue weighted by Crippen LogP contribution is 2.54. The number of hydrogen-bond acceptors (Lipinski definition) is 4. The van der Waals surface area contributed by atoms with E-state index in [2.05, 4.69) is 119 Å². The maximum absolute atomic E-state index is 9.70. The minimum Gasteiger partial charge on any atom is -0.457 e. The molecule has 1 atom stereocenters. The van der Waals surface area contributed by atoms with Crippen molar-refractivity contribution in [3.05, 3.63) is 203 Å². The number of pyridine rings is 2. The van der Waals surface area contributed by atoms with Gasteiger partial charge in [0.15, 0.2) is 0 Å². The van der Waals surface area contributed by atoms with Gasteiger partial charge in [0.05, 0.1) is 11.4 Å². The molecule has 366 valence electrons. The largest absolute Gasteiger partial charge is 0.457 e. The van der Waals surface area contributed by atoms with Gasteiger partial charge in [-0.1, -0.05) is 137 Å². The highest BCUT2D eigenvalue weighted by Gasteiger charge is 2.42. The highest BCUT2D eigenvalue weighted by molar-refractivity contribution is 6.24. The molecule has 8 aromatic carbocycles. The van der Waals surface area contributed by atoms with Crippen molar-refractivity contribution in [2.45, 2.75) is 94.2 Å². The zero-order chi connectivity index (χ0) is 59.6. The molecule has 0 radical (unpaired) electrons. The summed E-state index contributed by atoms with van der Waals surface area (Å²) in [6.07, 6.45) is 5.56. The average Bonchev–Trinajstić information content (AvgIpc) is 2.00. The van der Waals surface area contributed by atoms with Gasteiger partial charge in [0, 0.05) is 53.4 Å². The first kappa shape index (κ1) is 37.0. The number of aromatic nitrogens is 2. The molecule has 0 N–H and O–H groups in total. The predicted molar refractivity (Wildman–Crippen MR) is 311 cm³/mol. The van der Waals surface area contributed by atoms with Crippen molar-refractivity contribution in [2.24, 2.45) is 10.8 Å². The molecule has 0 bridgehead atoms. The SMILES string of the molecule is [2H]C([2H])([2H])c1cnc(-c2cc(Oc3cc(-c4cc(-c5ccc(-c6ccc(C7([2H])CCC(C)(C)C(C)(C)C7)cc6C)cc5C)c(C)cn4)c4oc5c(ccc6ccc7ccccc7c65)c4c3)c(C([2H])([2H])[2H])c(-c3ccccc3)c2)cc1C([2H])([2H])[2H]. The molecule has 1 aliphatic rings. The molecule has 3 heterocycles. The summed E-state index contributed by atoms with van der Waals surface area (Å²) in [5, 5.41) is 5.50. The molecule has 11 aromatic rings. The lowest BCUT2D eigenvalue weighted by Crippen LogP contribution is -2.38. The Balaban J connectivity index is 1.02. The van der Waals surface area contributed by atoms with Gasteiger partial charge in [-0.3, -0.25) is 9.97 Å². The third kappa shape index (κ3) is 8.16. The van der Waals surface area contributed by atoms with Crippen LogP contribution in [0.2, 0.25) is 0 Å². The summed E-state index contributed by atoms with van der Waals surface area (Å²) in [6.45, 7) is 7.27. The van der Waals surface area contributed by atoms with Crippen LogP contribution in [0.15, 0.2) is 168 Å². The van der Waals surface area contributed by atoms with Crippen LogP contribution in [0.4, 0.5) is 0 Å². The Kier molecular flexibility index (Phi) is 8.99. The summed E-state index contributed by atoms with van der Waals surface area (Å²) in [4.78, 5) is 9.59. The smallest absolute Gasteiger partial charge is 0.145 e. The minimum atomic E-state index is -2.81. The molecule has 1 fully saturated rings. The second-order valence-electron chi connectivity index (χ2n) is 21.7. The summed E-state index contributed by atoms with van der Waals surface area (Å²) < 4.78 is 100. The fourth-order valence-electron chi connectivity index (χ4n) is 11.3. The van der Waals surface area contributed by atoms with Crippen LogP contribution in [0.1, 0.15) is 106 Å². The molecule has 4 nitrogen and oxygen atoms in total. The van der Waals surface area contributed by atoms with Crippen LogP contribution >= 0.6 is 0 Å². The van der Waals surface area contributed by atoms with Gasteiger partial charge in [0.25, 0.3) is 0 Å². The van der Waals surface area contributed by atoms with Gasteiger partial charge in [0.2, 0.25) is 0 Å². The van der Waals surface area contributed by atoms with E-state index in [9.17, 15) is 1.37 Å². The Morgan fingerprint density at radius 1 is 0.527 bits per heavy atom. The van der Waals surface area contributed by atoms with Crippen molar-refractivity contribution in [2.75, 3.05) is 0 Å². The van der Waals surface area contributed by atoms with Crippen molar-refractivity contribution >= 4 is 43.5 Å². The number of benzene rings is 8. The lowest BCUT2D eigenvalue weighted by molar-refractivity contribution is 0.0398. The van der Waals surface area contributed by atoms with Crippen molar-refractivity contribution in [3.8, 4) is 67.4 Å². The van der Waals surface area contributed by atoms with E-state index in [4.69, 9.17) is 26.5 Å². The first-order chi connectivity index (χ1) is 39.6. The van der Waals surface area contributed by atoms with E-state index >= 15 is 0 Å². The van der Waals surface area contributed by atoms with Gasteiger partial charge in [0.1, 0.15) is 22.7 Å². The van der Waals surface area contributed by atoms with Gasteiger partial charge in [-0.2, -0.15) is 0 Å². The molecule has 0 saturated heterocycles. The van der Waals surface area contributed by atoms with E-state index in [-0.39, 0.29) is 39.1 Å². The summed E-state index contributed by atoms with van der Waals surface area (Å²) in [5.41, 5.74) is 11.4. The fraction of sp³-hybridized carbons (Fsp3) is 0.229. The second-order valence-corrected chi connectivity index (χ2v) is 21.7. The maximum Gasteiger partial charge on any atom is 0.145 e. The predicted octanol–water partition coefficient (Wildman–Crippen LogP) is 20.0. The van der Waals surface area contributed by atoms with Gasteiger partial charge < -0.3 is 9.15 Å². The van der Waals surface area contributed by atoms with E-state index in [0.717, 1.165) is 96.9 Å². The van der Waals surface area contributed by atoms with Gasteiger partial charge in [-0.25, -0.2) is 0 Å². The van der Waals surface area contributed by atoms with Crippen LogP contribution in [-0.2, 0) is 0 Å². The first-order valence-electron chi connectivity index (χ1n) is 30.5. The van der Waals surface area contributed by atoms with Crippen molar-refractivity contribution in [1.82, 2.24) is 9.97 Å². The summed E-state index contributed by atoms with van der Waals surface area (Å²) >= 11 is 0. The zero-order valence-electron chi connectivity index (χ0n) is 52.9. The fourth-order valence-corrected chi connectivity index (χ4v) is 11.3. The Morgan fingerprint density at radius 2 is 1.28 bits per heavy atom. The Labute approximate surface area is 450 Å². The van der Waals surface area contributed by atoms with E-state index in [1.54, 1.807) is 30.3 Å². The van der Waals surface area contributed by atoms with Crippen LogP contribution in [-0.4, -0.2) is 9.97 Å². The van der Waals surface area contributed by atoms with Crippen LogP contribution in [0.5, 0.6) is 11.5 Å². The molecular formula is C70H64N2O2. The van der Waals surface area contributed by atoms with E-state index in [0.29, 0.717) is 44.5 Å². The number of furan rings is 1. The molecule has 4 heteroatoms. The number of aryl methyl sites for hydroxylation is 5. The monoisotopic (exact) mass is 975 g/mol. The third-order valence-corrected chi connectivity index (χ3v) is 16.4. The van der Waals surface area contributed by atoms with Crippen molar-refractivity contribution in [3.63, 3.8) is 0 Å². The third-order valence-electron chi connectivity index (χ3n) is 16.4. The molecule has 1 saturated carbocycles. The number of fused-ring (bicyclic) bond motifs is 7. The number of ether oxygens (including phenoxy) is 1. The lowest BCUT2D eigenvalue weighted by atomic mass is 9.56. The van der Waals surface area contributed by atoms with Crippen LogP contribution in [0, 0.1) is 52.2 Å². The minimum absolute atomic E-state index is 0.0270. The molecule has 1 unspecified atom stereocenters. The van der Waals surface area contributed by atoms with Gasteiger partial charge in [-0.05, 0) is 208 Å². The van der Waals surface area contributed by atoms with Gasteiger partial charge in [-0.15, -0.1) is 0 Å². The summed E-state index contributed by atoms with van der Waals surface area (Å²) in [5.74, 6) is -0.423. The van der Waals surface area contributed by atoms with Crippen molar-refractivity contribution < 1.29 is 22.9 Å². The van der Waals surface area contributed by atoms with Crippen LogP contribution in [0.3, 0.4) is 0 Å². The lowest BCUT2D eigenvalue weighted by Gasteiger charge is -2.49. The highest BCUT2D eigenvalue weighted by atomic mass is 16.5. The van der Waals surface area contributed by atoms with Crippen molar-refractivity contribution in [1.29, 1.82) is 0 Å². The molecule has 0 amide bonds. The maximum atomic E-state index is 9.70. The number of nitrogens with zero attached hydrogens (tertiary/aromatic N) is 2. The molecule has 0 spiro atoms. The quantitative estimate of drug-likeness (QED) is 0.142. The summed E-state index contributed by atoms with van der Waals surface area (Å²) in [7, 11) is 0. The first-order valence-corrected chi connectivity index (χ1v) is 25.5. The second kappa shape index (κ2) is 18.0. The van der Waals surface area contributed by atoms with E-state index < -0.39 is 32.0 Å². The van der Waals surface area contributed by atoms with Crippen LogP contribution < -0.4 is 4.74 Å². The Hall–Kier alpha value is -7.82.